The lowest BCUT2D eigenvalue weighted by Gasteiger charge is -2.22. The lowest BCUT2D eigenvalue weighted by molar-refractivity contribution is -0.122. The van der Waals surface area contributed by atoms with Gasteiger partial charge in [-0.1, -0.05) is 0 Å². The smallest absolute Gasteiger partial charge is 0.408 e. The van der Waals surface area contributed by atoms with Crippen LogP contribution in [0.4, 0.5) is 9.59 Å². The van der Waals surface area contributed by atoms with Gasteiger partial charge in [0.25, 0.3) is 0 Å². The predicted molar refractivity (Wildman–Crippen MR) is 165 cm³/mol. The Labute approximate surface area is 270 Å². The first-order valence-electron chi connectivity index (χ1n) is 14.9. The number of Topliss-reactive ketones (excluding diaryl/α,β-unsaturated/α-hetero) is 6. The van der Waals surface area contributed by atoms with Gasteiger partial charge >= 0.3 is 12.2 Å². The standard InChI is InChI=1S/C34H36N2O11/c1-15(35-31(43)46-33(3,4)5)25(37)23-27(39)19-11-9-17(13-21(19)29(23)41)45-18-10-12-20-22(14-18)30(42)24(28(20)40)26(38)16(2)36-32(44)47-34(6,7)8/h9-16,23-24H,1-8H3,(H,35,43)(H,36,44)/t15-,16-,23?,24?/m0/s1. The zero-order valence-electron chi connectivity index (χ0n) is 27.3. The summed E-state index contributed by atoms with van der Waals surface area (Å²) in [6.07, 6.45) is -1.75. The van der Waals surface area contributed by atoms with Crippen molar-refractivity contribution in [3.63, 3.8) is 0 Å². The molecule has 2 unspecified atom stereocenters. The number of hydrogen-bond acceptors (Lipinski definition) is 11. The fraction of sp³-hybridized carbons (Fsp3) is 0.412. The molecule has 0 aromatic heterocycles. The number of hydrogen-bond donors (Lipinski definition) is 2. The molecule has 13 nitrogen and oxygen atoms in total. The van der Waals surface area contributed by atoms with E-state index >= 15 is 0 Å². The first kappa shape index (κ1) is 34.7. The molecule has 2 aliphatic rings. The molecule has 0 saturated heterocycles. The minimum Gasteiger partial charge on any atom is -0.457 e. The molecule has 2 N–H and O–H groups in total. The van der Waals surface area contributed by atoms with Crippen LogP contribution >= 0.6 is 0 Å². The second kappa shape index (κ2) is 12.5. The Kier molecular flexibility index (Phi) is 9.25. The summed E-state index contributed by atoms with van der Waals surface area (Å²) in [5.74, 6) is -7.68. The number of amides is 2. The quantitative estimate of drug-likeness (QED) is 0.385. The molecule has 47 heavy (non-hydrogen) atoms. The third kappa shape index (κ3) is 7.45. The summed E-state index contributed by atoms with van der Waals surface area (Å²) in [6.45, 7) is 12.6. The Balaban J connectivity index is 1.47. The molecule has 2 aliphatic carbocycles. The number of benzene rings is 2. The van der Waals surface area contributed by atoms with Gasteiger partial charge in [-0.2, -0.15) is 0 Å². The molecule has 248 valence electrons. The highest BCUT2D eigenvalue weighted by Crippen LogP contribution is 2.35. The topological polar surface area (TPSA) is 188 Å². The van der Waals surface area contributed by atoms with Crippen molar-refractivity contribution in [1.82, 2.24) is 10.6 Å². The van der Waals surface area contributed by atoms with Crippen LogP contribution in [-0.2, 0) is 19.1 Å². The number of nitrogens with one attached hydrogen (secondary N) is 2. The fourth-order valence-electron chi connectivity index (χ4n) is 5.14. The Hall–Kier alpha value is -5.20. The number of carbonyl (C=O) groups is 8. The molecule has 0 radical (unpaired) electrons. The zero-order chi connectivity index (χ0) is 35.2. The van der Waals surface area contributed by atoms with Crippen LogP contribution < -0.4 is 15.4 Å². The SMILES string of the molecule is C[C@H](NC(=O)OC(C)(C)C)C(=O)C1C(=O)c2ccc(Oc3ccc4c(c3)C(=O)C(C(=O)[C@H](C)NC(=O)OC(C)(C)C)C4=O)cc2C1=O. The molecule has 0 heterocycles. The first-order valence-corrected chi connectivity index (χ1v) is 14.9. The molecule has 0 saturated carbocycles. The number of fused-ring (bicyclic) bond motifs is 2. The van der Waals surface area contributed by atoms with E-state index in [-0.39, 0.29) is 33.8 Å². The Morgan fingerprint density at radius 1 is 0.574 bits per heavy atom. The van der Waals surface area contributed by atoms with Gasteiger partial charge < -0.3 is 24.8 Å². The minimum absolute atomic E-state index is 0.00959. The summed E-state index contributed by atoms with van der Waals surface area (Å²) in [5.41, 5.74) is -1.73. The maximum Gasteiger partial charge on any atom is 0.408 e. The molecule has 13 heteroatoms. The summed E-state index contributed by atoms with van der Waals surface area (Å²) in [6, 6.07) is 5.65. The molecule has 2 aromatic carbocycles. The van der Waals surface area contributed by atoms with E-state index in [4.69, 9.17) is 14.2 Å². The van der Waals surface area contributed by atoms with E-state index in [0.29, 0.717) is 0 Å². The van der Waals surface area contributed by atoms with Crippen molar-refractivity contribution in [2.24, 2.45) is 11.8 Å². The van der Waals surface area contributed by atoms with Crippen LogP contribution in [0.1, 0.15) is 96.8 Å². The van der Waals surface area contributed by atoms with E-state index in [1.807, 2.05) is 0 Å². The van der Waals surface area contributed by atoms with E-state index in [9.17, 15) is 38.4 Å². The molecule has 4 rings (SSSR count). The maximum absolute atomic E-state index is 13.2. The van der Waals surface area contributed by atoms with Crippen LogP contribution in [0.15, 0.2) is 36.4 Å². The molecule has 0 spiro atoms. The third-order valence-corrected chi connectivity index (χ3v) is 7.22. The Morgan fingerprint density at radius 3 is 1.21 bits per heavy atom. The van der Waals surface area contributed by atoms with Crippen molar-refractivity contribution in [2.45, 2.75) is 78.7 Å². The van der Waals surface area contributed by atoms with Crippen LogP contribution in [-0.4, -0.2) is 70.2 Å². The van der Waals surface area contributed by atoms with E-state index in [1.165, 1.54) is 50.2 Å². The van der Waals surface area contributed by atoms with E-state index in [1.54, 1.807) is 41.5 Å². The molecule has 0 bridgehead atoms. The van der Waals surface area contributed by atoms with Crippen LogP contribution in [0.2, 0.25) is 0 Å². The Morgan fingerprint density at radius 2 is 0.894 bits per heavy atom. The van der Waals surface area contributed by atoms with Crippen molar-refractivity contribution in [3.05, 3.63) is 58.7 Å². The average Bonchev–Trinajstić information content (AvgIpc) is 3.33. The van der Waals surface area contributed by atoms with Crippen molar-refractivity contribution < 1.29 is 52.6 Å². The van der Waals surface area contributed by atoms with Gasteiger partial charge in [-0.05, 0) is 91.8 Å². The van der Waals surface area contributed by atoms with E-state index < -0.39 is 82.0 Å². The van der Waals surface area contributed by atoms with Gasteiger partial charge in [0.05, 0.1) is 12.1 Å². The van der Waals surface area contributed by atoms with Gasteiger partial charge in [-0.25, -0.2) is 9.59 Å². The minimum atomic E-state index is -1.66. The Bertz CT molecular complexity index is 1600. The highest BCUT2D eigenvalue weighted by molar-refractivity contribution is 6.37. The highest BCUT2D eigenvalue weighted by Gasteiger charge is 2.46. The van der Waals surface area contributed by atoms with Gasteiger partial charge in [-0.3, -0.25) is 28.8 Å². The summed E-state index contributed by atoms with van der Waals surface area (Å²) >= 11 is 0. The second-order valence-corrected chi connectivity index (χ2v) is 13.4. The van der Waals surface area contributed by atoms with Crippen molar-refractivity contribution in [2.75, 3.05) is 0 Å². The lowest BCUT2D eigenvalue weighted by Crippen LogP contribution is -2.45. The summed E-state index contributed by atoms with van der Waals surface area (Å²) in [7, 11) is 0. The molecule has 2 aromatic rings. The monoisotopic (exact) mass is 648 g/mol. The number of ketones is 6. The first-order chi connectivity index (χ1) is 21.7. The number of rotatable bonds is 8. The zero-order valence-corrected chi connectivity index (χ0v) is 27.3. The van der Waals surface area contributed by atoms with Crippen LogP contribution in [0.25, 0.3) is 0 Å². The highest BCUT2D eigenvalue weighted by atomic mass is 16.6. The van der Waals surface area contributed by atoms with Crippen molar-refractivity contribution >= 4 is 46.9 Å². The summed E-state index contributed by atoms with van der Waals surface area (Å²) < 4.78 is 16.1. The third-order valence-electron chi connectivity index (χ3n) is 7.22. The summed E-state index contributed by atoms with van der Waals surface area (Å²) in [4.78, 5) is 103. The van der Waals surface area contributed by atoms with Crippen molar-refractivity contribution in [3.8, 4) is 11.5 Å². The second-order valence-electron chi connectivity index (χ2n) is 13.4. The average molecular weight is 649 g/mol. The van der Waals surface area contributed by atoms with Gasteiger partial charge in [0, 0.05) is 22.3 Å². The van der Waals surface area contributed by atoms with Crippen LogP contribution in [0, 0.1) is 11.8 Å². The normalized spacial score (nSPS) is 18.6. The molecular weight excluding hydrogens is 612 g/mol. The number of ether oxygens (including phenoxy) is 3. The molecule has 0 fully saturated rings. The van der Waals surface area contributed by atoms with Gasteiger partial charge in [-0.15, -0.1) is 0 Å². The van der Waals surface area contributed by atoms with E-state index in [2.05, 4.69) is 10.6 Å². The van der Waals surface area contributed by atoms with Crippen molar-refractivity contribution in [1.29, 1.82) is 0 Å². The van der Waals surface area contributed by atoms with Gasteiger partial charge in [0.2, 0.25) is 0 Å². The molecule has 4 atom stereocenters. The molecular formula is C34H36N2O11. The molecule has 0 aliphatic heterocycles. The number of carbonyl (C=O) groups excluding carboxylic acids is 8. The maximum atomic E-state index is 13.2. The molecule has 2 amide bonds. The fourth-order valence-corrected chi connectivity index (χ4v) is 5.14. The predicted octanol–water partition coefficient (Wildman–Crippen LogP) is 4.43. The number of alkyl carbamates (subject to hydrolysis) is 2. The van der Waals surface area contributed by atoms with Gasteiger partial charge in [0.1, 0.15) is 34.5 Å². The van der Waals surface area contributed by atoms with E-state index in [0.717, 1.165) is 0 Å². The van der Waals surface area contributed by atoms with Crippen LogP contribution in [0.5, 0.6) is 11.5 Å². The van der Waals surface area contributed by atoms with Gasteiger partial charge in [0.15, 0.2) is 34.7 Å². The lowest BCUT2D eigenvalue weighted by atomic mass is 9.94. The largest absolute Gasteiger partial charge is 0.457 e. The summed E-state index contributed by atoms with van der Waals surface area (Å²) in [5, 5.41) is 4.70. The van der Waals surface area contributed by atoms with Crippen LogP contribution in [0.3, 0.4) is 0 Å².